The molecule has 0 aliphatic carbocycles. The lowest BCUT2D eigenvalue weighted by molar-refractivity contribution is 0.0123. The number of aromatic nitrogens is 1. The van der Waals surface area contributed by atoms with Crippen molar-refractivity contribution in [2.75, 3.05) is 18.0 Å². The van der Waals surface area contributed by atoms with Crippen LogP contribution in [-0.4, -0.2) is 46.8 Å². The zero-order chi connectivity index (χ0) is 15.9. The fourth-order valence-electron chi connectivity index (χ4n) is 3.26. The van der Waals surface area contributed by atoms with Gasteiger partial charge >= 0.3 is 6.09 Å². The van der Waals surface area contributed by atoms with Crippen LogP contribution >= 0.6 is 22.6 Å². The van der Waals surface area contributed by atoms with Crippen LogP contribution in [0, 0.1) is 3.57 Å². The highest BCUT2D eigenvalue weighted by Crippen LogP contribution is 2.33. The third-order valence-electron chi connectivity index (χ3n) is 4.12. The van der Waals surface area contributed by atoms with E-state index in [0.717, 1.165) is 35.3 Å². The molecule has 5 nitrogen and oxygen atoms in total. The molecule has 2 atom stereocenters. The third kappa shape index (κ3) is 3.31. The average molecular weight is 415 g/mol. The number of pyridine rings is 1. The molecule has 1 aromatic heterocycles. The van der Waals surface area contributed by atoms with Gasteiger partial charge in [-0.2, -0.15) is 0 Å². The van der Waals surface area contributed by atoms with Gasteiger partial charge in [0.15, 0.2) is 0 Å². The number of hydrogen-bond donors (Lipinski definition) is 0. The molecule has 3 heterocycles. The van der Waals surface area contributed by atoms with E-state index in [9.17, 15) is 4.79 Å². The maximum atomic E-state index is 12.4. The summed E-state index contributed by atoms with van der Waals surface area (Å²) in [6.45, 7) is 7.42. The molecular weight excluding hydrogens is 393 g/mol. The van der Waals surface area contributed by atoms with E-state index in [2.05, 4.69) is 44.6 Å². The molecule has 120 valence electrons. The van der Waals surface area contributed by atoms with Gasteiger partial charge in [-0.1, -0.05) is 0 Å². The van der Waals surface area contributed by atoms with Crippen molar-refractivity contribution in [3.8, 4) is 0 Å². The highest BCUT2D eigenvalue weighted by atomic mass is 127. The Labute approximate surface area is 145 Å². The van der Waals surface area contributed by atoms with Crippen molar-refractivity contribution in [1.82, 2.24) is 9.88 Å². The number of ether oxygens (including phenoxy) is 1. The van der Waals surface area contributed by atoms with Crippen LogP contribution in [0.5, 0.6) is 0 Å². The van der Waals surface area contributed by atoms with Crippen molar-refractivity contribution in [2.24, 2.45) is 0 Å². The van der Waals surface area contributed by atoms with E-state index in [1.165, 1.54) is 0 Å². The molecule has 2 aliphatic rings. The van der Waals surface area contributed by atoms with Crippen LogP contribution in [-0.2, 0) is 4.74 Å². The van der Waals surface area contributed by atoms with Gasteiger partial charge in [0.05, 0.1) is 12.1 Å². The maximum absolute atomic E-state index is 12.4. The smallest absolute Gasteiger partial charge is 0.410 e. The van der Waals surface area contributed by atoms with Gasteiger partial charge in [-0.25, -0.2) is 9.78 Å². The van der Waals surface area contributed by atoms with E-state index in [-0.39, 0.29) is 18.2 Å². The minimum Gasteiger partial charge on any atom is -0.444 e. The molecule has 22 heavy (non-hydrogen) atoms. The zero-order valence-corrected chi connectivity index (χ0v) is 15.4. The standard InChI is InChI=1S/C16H22IN3O2/c1-16(2,3)22-15(21)20-12-5-6-13(20)10-19(9-12)14-7-4-11(17)8-18-14/h4,7-8,12-13H,5-6,9-10H2,1-3H3. The molecule has 2 bridgehead atoms. The molecule has 3 rings (SSSR count). The molecule has 1 amide bonds. The first-order chi connectivity index (χ1) is 10.3. The monoisotopic (exact) mass is 415 g/mol. The lowest BCUT2D eigenvalue weighted by Gasteiger charge is -2.41. The second-order valence-electron chi connectivity index (χ2n) is 7.01. The van der Waals surface area contributed by atoms with Gasteiger partial charge in [0.2, 0.25) is 0 Å². The van der Waals surface area contributed by atoms with Crippen molar-refractivity contribution in [3.63, 3.8) is 0 Å². The topological polar surface area (TPSA) is 45.7 Å². The number of fused-ring (bicyclic) bond motifs is 2. The molecule has 6 heteroatoms. The Kier molecular flexibility index (Phi) is 4.22. The Balaban J connectivity index is 1.71. The first-order valence-corrected chi connectivity index (χ1v) is 8.79. The molecular formula is C16H22IN3O2. The fraction of sp³-hybridized carbons (Fsp3) is 0.625. The van der Waals surface area contributed by atoms with Crippen LogP contribution in [0.4, 0.5) is 10.6 Å². The van der Waals surface area contributed by atoms with Crippen LogP contribution < -0.4 is 4.90 Å². The minimum absolute atomic E-state index is 0.171. The van der Waals surface area contributed by atoms with Crippen LogP contribution in [0.1, 0.15) is 33.6 Å². The van der Waals surface area contributed by atoms with Gasteiger partial charge in [-0.05, 0) is 68.3 Å². The number of rotatable bonds is 1. The Hall–Kier alpha value is -1.05. The summed E-state index contributed by atoms with van der Waals surface area (Å²) in [6, 6.07) is 4.60. The van der Waals surface area contributed by atoms with Crippen molar-refractivity contribution in [3.05, 3.63) is 21.9 Å². The Bertz CT molecular complexity index is 542. The number of nitrogens with zero attached hydrogens (tertiary/aromatic N) is 3. The molecule has 0 radical (unpaired) electrons. The van der Waals surface area contributed by atoms with E-state index >= 15 is 0 Å². The van der Waals surface area contributed by atoms with Crippen molar-refractivity contribution < 1.29 is 9.53 Å². The Morgan fingerprint density at radius 1 is 1.27 bits per heavy atom. The predicted octanol–water partition coefficient (Wildman–Crippen LogP) is 3.27. The zero-order valence-electron chi connectivity index (χ0n) is 13.3. The number of carbonyl (C=O) groups is 1. The second kappa shape index (κ2) is 5.86. The summed E-state index contributed by atoms with van der Waals surface area (Å²) in [5, 5.41) is 0. The number of halogens is 1. The predicted molar refractivity (Wildman–Crippen MR) is 94.1 cm³/mol. The molecule has 0 spiro atoms. The lowest BCUT2D eigenvalue weighted by Crippen LogP contribution is -2.57. The summed E-state index contributed by atoms with van der Waals surface area (Å²) in [5.74, 6) is 1.00. The van der Waals surface area contributed by atoms with Gasteiger partial charge in [0, 0.05) is 22.9 Å². The van der Waals surface area contributed by atoms with E-state index < -0.39 is 5.60 Å². The van der Waals surface area contributed by atoms with E-state index in [1.807, 2.05) is 31.9 Å². The van der Waals surface area contributed by atoms with E-state index in [4.69, 9.17) is 4.74 Å². The number of carbonyl (C=O) groups excluding carboxylic acids is 1. The van der Waals surface area contributed by atoms with Gasteiger partial charge < -0.3 is 9.64 Å². The average Bonchev–Trinajstić information content (AvgIpc) is 2.69. The highest BCUT2D eigenvalue weighted by molar-refractivity contribution is 14.1. The Morgan fingerprint density at radius 2 is 1.91 bits per heavy atom. The first kappa shape index (κ1) is 15.8. The maximum Gasteiger partial charge on any atom is 0.410 e. The molecule has 2 aliphatic heterocycles. The third-order valence-corrected chi connectivity index (χ3v) is 4.76. The summed E-state index contributed by atoms with van der Waals surface area (Å²) in [7, 11) is 0. The van der Waals surface area contributed by atoms with Crippen LogP contribution in [0.15, 0.2) is 18.3 Å². The molecule has 0 aromatic carbocycles. The van der Waals surface area contributed by atoms with Crippen LogP contribution in [0.25, 0.3) is 0 Å². The SMILES string of the molecule is CC(C)(C)OC(=O)N1C2CCC1CN(c1ccc(I)cn1)C2. The minimum atomic E-state index is -0.439. The summed E-state index contributed by atoms with van der Waals surface area (Å²) < 4.78 is 6.70. The van der Waals surface area contributed by atoms with Gasteiger partial charge in [0.25, 0.3) is 0 Å². The number of amides is 1. The van der Waals surface area contributed by atoms with Crippen molar-refractivity contribution in [1.29, 1.82) is 0 Å². The largest absolute Gasteiger partial charge is 0.444 e. The summed E-state index contributed by atoms with van der Waals surface area (Å²) in [5.41, 5.74) is -0.439. The summed E-state index contributed by atoms with van der Waals surface area (Å²) >= 11 is 2.26. The van der Waals surface area contributed by atoms with Crippen LogP contribution in [0.2, 0.25) is 0 Å². The first-order valence-electron chi connectivity index (χ1n) is 7.71. The van der Waals surface area contributed by atoms with Crippen molar-refractivity contribution >= 4 is 34.5 Å². The van der Waals surface area contributed by atoms with Gasteiger partial charge in [-0.3, -0.25) is 4.90 Å². The summed E-state index contributed by atoms with van der Waals surface area (Å²) in [4.78, 5) is 21.2. The van der Waals surface area contributed by atoms with Crippen LogP contribution in [0.3, 0.4) is 0 Å². The van der Waals surface area contributed by atoms with E-state index in [0.29, 0.717) is 0 Å². The molecule has 2 unspecified atom stereocenters. The highest BCUT2D eigenvalue weighted by Gasteiger charge is 2.44. The fourth-order valence-corrected chi connectivity index (χ4v) is 3.58. The van der Waals surface area contributed by atoms with Gasteiger partial charge in [0.1, 0.15) is 11.4 Å². The normalized spacial score (nSPS) is 24.5. The number of anilines is 1. The quantitative estimate of drug-likeness (QED) is 0.661. The molecule has 0 N–H and O–H groups in total. The van der Waals surface area contributed by atoms with Gasteiger partial charge in [-0.15, -0.1) is 0 Å². The second-order valence-corrected chi connectivity index (χ2v) is 8.26. The Morgan fingerprint density at radius 3 is 2.41 bits per heavy atom. The summed E-state index contributed by atoms with van der Waals surface area (Å²) in [6.07, 6.45) is 3.81. The molecule has 1 aromatic rings. The van der Waals surface area contributed by atoms with Crippen molar-refractivity contribution in [2.45, 2.75) is 51.3 Å². The molecule has 0 saturated carbocycles. The molecule has 2 fully saturated rings. The number of hydrogen-bond acceptors (Lipinski definition) is 4. The van der Waals surface area contributed by atoms with E-state index in [1.54, 1.807) is 0 Å². The molecule has 2 saturated heterocycles. The number of piperazine rings is 1. The lowest BCUT2D eigenvalue weighted by atomic mass is 10.2.